The van der Waals surface area contributed by atoms with Gasteiger partial charge >= 0.3 is 5.97 Å². The van der Waals surface area contributed by atoms with Gasteiger partial charge in [-0.05, 0) is 12.1 Å². The minimum absolute atomic E-state index is 0.207. The Morgan fingerprint density at radius 1 is 1.44 bits per heavy atom. The monoisotopic (exact) mass is 221 g/mol. The molecule has 0 unspecified atom stereocenters. The quantitative estimate of drug-likeness (QED) is 0.844. The second kappa shape index (κ2) is 4.09. The first kappa shape index (κ1) is 10.3. The average Bonchev–Trinajstić information content (AvgIpc) is 2.66. The number of hydrogen-bond donors (Lipinski definition) is 1. The number of aromatic nitrogens is 3. The minimum atomic E-state index is -0.971. The molecule has 2 rings (SSSR count). The molecule has 82 valence electrons. The van der Waals surface area contributed by atoms with Crippen LogP contribution < -0.4 is 0 Å². The van der Waals surface area contributed by atoms with Crippen LogP contribution >= 0.6 is 0 Å². The third-order valence-electron chi connectivity index (χ3n) is 1.95. The van der Waals surface area contributed by atoms with Crippen molar-refractivity contribution in [2.24, 2.45) is 0 Å². The molecule has 0 amide bonds. The van der Waals surface area contributed by atoms with Crippen LogP contribution in [0.3, 0.4) is 0 Å². The minimum Gasteiger partial charge on any atom is -0.480 e. The van der Waals surface area contributed by atoms with Crippen LogP contribution in [-0.4, -0.2) is 25.8 Å². The zero-order chi connectivity index (χ0) is 11.5. The Kier molecular flexibility index (Phi) is 2.63. The van der Waals surface area contributed by atoms with Crippen LogP contribution in [-0.2, 0) is 11.3 Å². The summed E-state index contributed by atoms with van der Waals surface area (Å²) in [6, 6.07) is 2.80. The van der Waals surface area contributed by atoms with Gasteiger partial charge in [-0.25, -0.2) is 4.39 Å². The van der Waals surface area contributed by atoms with E-state index in [2.05, 4.69) is 10.1 Å². The van der Waals surface area contributed by atoms with Gasteiger partial charge in [0.1, 0.15) is 12.4 Å². The van der Waals surface area contributed by atoms with Crippen molar-refractivity contribution in [2.75, 3.05) is 0 Å². The molecule has 0 aliphatic heterocycles. The molecule has 5 nitrogen and oxygen atoms in total. The van der Waals surface area contributed by atoms with Gasteiger partial charge in [-0.2, -0.15) is 5.10 Å². The van der Waals surface area contributed by atoms with Gasteiger partial charge in [-0.1, -0.05) is 0 Å². The van der Waals surface area contributed by atoms with Crippen molar-refractivity contribution in [1.82, 2.24) is 14.8 Å². The van der Waals surface area contributed by atoms with Crippen LogP contribution in [0.5, 0.6) is 0 Å². The van der Waals surface area contributed by atoms with Gasteiger partial charge in [-0.3, -0.25) is 14.5 Å². The SMILES string of the molecule is O=C(O)Cn1cc(-c2ccc(F)cn2)cn1. The predicted molar refractivity (Wildman–Crippen MR) is 53.1 cm³/mol. The molecule has 0 fully saturated rings. The van der Waals surface area contributed by atoms with E-state index in [0.29, 0.717) is 11.3 Å². The number of halogens is 1. The molecule has 0 spiro atoms. The normalized spacial score (nSPS) is 10.3. The van der Waals surface area contributed by atoms with E-state index in [1.54, 1.807) is 6.20 Å². The van der Waals surface area contributed by atoms with Crippen LogP contribution in [0.1, 0.15) is 0 Å². The largest absolute Gasteiger partial charge is 0.480 e. The Morgan fingerprint density at radius 2 is 2.25 bits per heavy atom. The summed E-state index contributed by atoms with van der Waals surface area (Å²) in [6.07, 6.45) is 4.14. The van der Waals surface area contributed by atoms with Crippen molar-refractivity contribution in [3.63, 3.8) is 0 Å². The molecule has 0 aromatic carbocycles. The van der Waals surface area contributed by atoms with Crippen molar-refractivity contribution < 1.29 is 14.3 Å². The second-order valence-corrected chi connectivity index (χ2v) is 3.18. The van der Waals surface area contributed by atoms with Gasteiger partial charge in [0.15, 0.2) is 0 Å². The van der Waals surface area contributed by atoms with E-state index in [1.807, 2.05) is 0 Å². The highest BCUT2D eigenvalue weighted by atomic mass is 19.1. The summed E-state index contributed by atoms with van der Waals surface area (Å²) in [5.41, 5.74) is 1.21. The first-order valence-electron chi connectivity index (χ1n) is 4.51. The van der Waals surface area contributed by atoms with Gasteiger partial charge in [0.05, 0.1) is 18.1 Å². The molecule has 0 aliphatic rings. The van der Waals surface area contributed by atoms with Crippen LogP contribution in [0.25, 0.3) is 11.3 Å². The predicted octanol–water partition coefficient (Wildman–Crippen LogP) is 1.17. The average molecular weight is 221 g/mol. The molecule has 0 saturated carbocycles. The highest BCUT2D eigenvalue weighted by Gasteiger charge is 2.05. The third kappa shape index (κ3) is 2.22. The van der Waals surface area contributed by atoms with E-state index >= 15 is 0 Å². The fourth-order valence-corrected chi connectivity index (χ4v) is 1.27. The van der Waals surface area contributed by atoms with Gasteiger partial charge in [-0.15, -0.1) is 0 Å². The Balaban J connectivity index is 2.24. The van der Waals surface area contributed by atoms with Gasteiger partial charge in [0, 0.05) is 11.8 Å². The molecule has 2 aromatic rings. The number of carboxylic acid groups (broad SMARTS) is 1. The molecule has 2 aromatic heterocycles. The highest BCUT2D eigenvalue weighted by Crippen LogP contribution is 2.15. The highest BCUT2D eigenvalue weighted by molar-refractivity contribution is 5.66. The van der Waals surface area contributed by atoms with E-state index in [1.165, 1.54) is 23.0 Å². The van der Waals surface area contributed by atoms with Crippen molar-refractivity contribution >= 4 is 5.97 Å². The topological polar surface area (TPSA) is 68.0 Å². The lowest BCUT2D eigenvalue weighted by molar-refractivity contribution is -0.137. The number of rotatable bonds is 3. The summed E-state index contributed by atoms with van der Waals surface area (Å²) < 4.78 is 13.9. The number of carbonyl (C=O) groups is 1. The number of nitrogens with zero attached hydrogens (tertiary/aromatic N) is 3. The number of hydrogen-bond acceptors (Lipinski definition) is 3. The molecule has 0 saturated heterocycles. The summed E-state index contributed by atoms with van der Waals surface area (Å²) in [5.74, 6) is -1.39. The summed E-state index contributed by atoms with van der Waals surface area (Å²) in [7, 11) is 0. The van der Waals surface area contributed by atoms with E-state index in [4.69, 9.17) is 5.11 Å². The Labute approximate surface area is 90.2 Å². The maximum absolute atomic E-state index is 12.6. The zero-order valence-electron chi connectivity index (χ0n) is 8.17. The zero-order valence-corrected chi connectivity index (χ0v) is 8.17. The Bertz CT molecular complexity index is 507. The van der Waals surface area contributed by atoms with Crippen LogP contribution in [0, 0.1) is 5.82 Å². The summed E-state index contributed by atoms with van der Waals surface area (Å²) in [5, 5.41) is 12.4. The third-order valence-corrected chi connectivity index (χ3v) is 1.95. The lowest BCUT2D eigenvalue weighted by Gasteiger charge is -1.95. The molecule has 0 radical (unpaired) electrons. The summed E-state index contributed by atoms with van der Waals surface area (Å²) in [6.45, 7) is -0.207. The van der Waals surface area contributed by atoms with Gasteiger partial charge in [0.2, 0.25) is 0 Å². The summed E-state index contributed by atoms with van der Waals surface area (Å²) >= 11 is 0. The molecule has 1 N–H and O–H groups in total. The Hall–Kier alpha value is -2.24. The van der Waals surface area contributed by atoms with E-state index < -0.39 is 11.8 Å². The van der Waals surface area contributed by atoms with Crippen molar-refractivity contribution in [2.45, 2.75) is 6.54 Å². The van der Waals surface area contributed by atoms with E-state index in [9.17, 15) is 9.18 Å². The first-order chi connectivity index (χ1) is 7.65. The van der Waals surface area contributed by atoms with Gasteiger partial charge in [0.25, 0.3) is 0 Å². The molecule has 16 heavy (non-hydrogen) atoms. The van der Waals surface area contributed by atoms with Crippen LogP contribution in [0.15, 0.2) is 30.7 Å². The number of pyridine rings is 1. The fraction of sp³-hybridized carbons (Fsp3) is 0.100. The molecule has 0 atom stereocenters. The molecule has 0 bridgehead atoms. The standard InChI is InChI=1S/C10H8FN3O2/c11-8-1-2-9(12-4-8)7-3-13-14(5-7)6-10(15)16/h1-5H,6H2,(H,15,16). The first-order valence-corrected chi connectivity index (χ1v) is 4.51. The van der Waals surface area contributed by atoms with Crippen molar-refractivity contribution in [3.05, 3.63) is 36.5 Å². The van der Waals surface area contributed by atoms with Gasteiger partial charge < -0.3 is 5.11 Å². The molecular weight excluding hydrogens is 213 g/mol. The lowest BCUT2D eigenvalue weighted by Crippen LogP contribution is -2.08. The lowest BCUT2D eigenvalue weighted by atomic mass is 10.2. The fourth-order valence-electron chi connectivity index (χ4n) is 1.27. The van der Waals surface area contributed by atoms with Crippen LogP contribution in [0.4, 0.5) is 4.39 Å². The molecule has 2 heterocycles. The van der Waals surface area contributed by atoms with Crippen LogP contribution in [0.2, 0.25) is 0 Å². The molecular formula is C10H8FN3O2. The second-order valence-electron chi connectivity index (χ2n) is 3.18. The smallest absolute Gasteiger partial charge is 0.325 e. The molecule has 6 heteroatoms. The molecule has 0 aliphatic carbocycles. The maximum atomic E-state index is 12.6. The number of carboxylic acids is 1. The van der Waals surface area contributed by atoms with E-state index in [-0.39, 0.29) is 6.54 Å². The number of aliphatic carboxylic acids is 1. The summed E-state index contributed by atoms with van der Waals surface area (Å²) in [4.78, 5) is 14.3. The van der Waals surface area contributed by atoms with Crippen molar-refractivity contribution in [1.29, 1.82) is 0 Å². The Morgan fingerprint density at radius 3 is 2.88 bits per heavy atom. The maximum Gasteiger partial charge on any atom is 0.325 e. The van der Waals surface area contributed by atoms with E-state index in [0.717, 1.165) is 6.20 Å². The van der Waals surface area contributed by atoms with Crippen molar-refractivity contribution in [3.8, 4) is 11.3 Å².